The Kier molecular flexibility index (Phi) is 4.48. The third-order valence-corrected chi connectivity index (χ3v) is 3.33. The lowest BCUT2D eigenvalue weighted by Crippen LogP contribution is -2.20. The summed E-state index contributed by atoms with van der Waals surface area (Å²) in [5.74, 6) is 0. The van der Waals surface area contributed by atoms with E-state index in [0.29, 0.717) is 6.04 Å². The lowest BCUT2D eigenvalue weighted by atomic mass is 9.95. The topological polar surface area (TPSA) is 24.9 Å². The Hall–Kier alpha value is -1.67. The fraction of sp³-hybridized carbons (Fsp3) is 0.312. The molecule has 18 heavy (non-hydrogen) atoms. The van der Waals surface area contributed by atoms with E-state index in [1.807, 2.05) is 19.4 Å². The molecule has 1 atom stereocenters. The monoisotopic (exact) mass is 240 g/mol. The number of rotatable bonds is 5. The quantitative estimate of drug-likeness (QED) is 0.868. The Bertz CT molecular complexity index is 479. The molecule has 1 unspecified atom stereocenters. The molecule has 0 spiro atoms. The summed E-state index contributed by atoms with van der Waals surface area (Å²) in [6.45, 7) is 2.18. The van der Waals surface area contributed by atoms with Gasteiger partial charge in [0, 0.05) is 18.4 Å². The maximum Gasteiger partial charge on any atom is 0.0362 e. The number of hydrogen-bond acceptors (Lipinski definition) is 2. The van der Waals surface area contributed by atoms with Crippen LogP contribution in [0.4, 0.5) is 0 Å². The largest absolute Gasteiger partial charge is 0.313 e. The summed E-state index contributed by atoms with van der Waals surface area (Å²) in [6.07, 6.45) is 5.89. The van der Waals surface area contributed by atoms with Gasteiger partial charge < -0.3 is 5.32 Å². The molecule has 0 amide bonds. The summed E-state index contributed by atoms with van der Waals surface area (Å²) < 4.78 is 0. The lowest BCUT2D eigenvalue weighted by Gasteiger charge is -2.19. The number of aromatic nitrogens is 1. The second-order valence-corrected chi connectivity index (χ2v) is 4.46. The van der Waals surface area contributed by atoms with E-state index in [1.165, 1.54) is 16.7 Å². The van der Waals surface area contributed by atoms with E-state index >= 15 is 0 Å². The molecule has 0 radical (unpaired) electrons. The summed E-state index contributed by atoms with van der Waals surface area (Å²) in [7, 11) is 2.02. The van der Waals surface area contributed by atoms with Gasteiger partial charge in [0.05, 0.1) is 0 Å². The molecule has 0 aliphatic carbocycles. The van der Waals surface area contributed by atoms with E-state index < -0.39 is 0 Å². The maximum atomic E-state index is 4.21. The molecule has 0 fully saturated rings. The van der Waals surface area contributed by atoms with Crippen LogP contribution in [0.25, 0.3) is 0 Å². The molecule has 1 aromatic heterocycles. The van der Waals surface area contributed by atoms with Crippen molar-refractivity contribution >= 4 is 0 Å². The summed E-state index contributed by atoms with van der Waals surface area (Å²) in [5, 5.41) is 3.41. The molecule has 2 aromatic rings. The fourth-order valence-electron chi connectivity index (χ4n) is 2.29. The van der Waals surface area contributed by atoms with Crippen LogP contribution >= 0.6 is 0 Å². The Morgan fingerprint density at radius 3 is 2.61 bits per heavy atom. The summed E-state index contributed by atoms with van der Waals surface area (Å²) >= 11 is 0. The SMILES string of the molecule is CCc1cnccc1C(Cc1ccccc1)NC. The number of pyridine rings is 1. The van der Waals surface area contributed by atoms with Crippen LogP contribution in [0.1, 0.15) is 29.7 Å². The zero-order chi connectivity index (χ0) is 12.8. The number of likely N-dealkylation sites (N-methyl/N-ethyl adjacent to an activating group) is 1. The van der Waals surface area contributed by atoms with Crippen molar-refractivity contribution in [1.82, 2.24) is 10.3 Å². The molecule has 2 nitrogen and oxygen atoms in total. The first-order valence-electron chi connectivity index (χ1n) is 6.49. The molecule has 0 saturated carbocycles. The van der Waals surface area contributed by atoms with Crippen LogP contribution < -0.4 is 5.32 Å². The number of benzene rings is 1. The van der Waals surface area contributed by atoms with E-state index in [-0.39, 0.29) is 0 Å². The second-order valence-electron chi connectivity index (χ2n) is 4.46. The van der Waals surface area contributed by atoms with E-state index in [0.717, 1.165) is 12.8 Å². The van der Waals surface area contributed by atoms with Crippen LogP contribution in [-0.4, -0.2) is 12.0 Å². The van der Waals surface area contributed by atoms with E-state index in [9.17, 15) is 0 Å². The van der Waals surface area contributed by atoms with Crippen molar-refractivity contribution in [2.24, 2.45) is 0 Å². The van der Waals surface area contributed by atoms with Crippen LogP contribution in [0, 0.1) is 0 Å². The van der Waals surface area contributed by atoms with Crippen LogP contribution in [0.5, 0.6) is 0 Å². The summed E-state index contributed by atoms with van der Waals surface area (Å²) in [6, 6.07) is 13.1. The van der Waals surface area contributed by atoms with Gasteiger partial charge in [-0.3, -0.25) is 4.98 Å². The molecular weight excluding hydrogens is 220 g/mol. The van der Waals surface area contributed by atoms with Gasteiger partial charge in [0.1, 0.15) is 0 Å². The van der Waals surface area contributed by atoms with Crippen LogP contribution in [0.3, 0.4) is 0 Å². The molecule has 94 valence electrons. The minimum absolute atomic E-state index is 0.352. The number of nitrogens with one attached hydrogen (secondary N) is 1. The number of hydrogen-bond donors (Lipinski definition) is 1. The predicted molar refractivity (Wildman–Crippen MR) is 75.6 cm³/mol. The summed E-state index contributed by atoms with van der Waals surface area (Å²) in [4.78, 5) is 4.21. The van der Waals surface area contributed by atoms with Crippen molar-refractivity contribution in [2.75, 3.05) is 7.05 Å². The second kappa shape index (κ2) is 6.31. The van der Waals surface area contributed by atoms with Gasteiger partial charge in [-0.15, -0.1) is 0 Å². The van der Waals surface area contributed by atoms with Gasteiger partial charge in [-0.1, -0.05) is 37.3 Å². The molecule has 0 aliphatic rings. The predicted octanol–water partition coefficient (Wildman–Crippen LogP) is 3.15. The summed E-state index contributed by atoms with van der Waals surface area (Å²) in [5.41, 5.74) is 4.04. The van der Waals surface area contributed by atoms with E-state index in [1.54, 1.807) is 0 Å². The van der Waals surface area contributed by atoms with Gasteiger partial charge in [-0.25, -0.2) is 0 Å². The van der Waals surface area contributed by atoms with Gasteiger partial charge in [-0.2, -0.15) is 0 Å². The van der Waals surface area contributed by atoms with Crippen LogP contribution in [-0.2, 0) is 12.8 Å². The Balaban J connectivity index is 2.23. The number of aryl methyl sites for hydroxylation is 1. The van der Waals surface area contributed by atoms with Crippen molar-refractivity contribution < 1.29 is 0 Å². The highest BCUT2D eigenvalue weighted by molar-refractivity contribution is 5.29. The van der Waals surface area contributed by atoms with Gasteiger partial charge in [0.2, 0.25) is 0 Å². The third-order valence-electron chi connectivity index (χ3n) is 3.33. The highest BCUT2D eigenvalue weighted by Gasteiger charge is 2.13. The molecular formula is C16H20N2. The van der Waals surface area contributed by atoms with Gasteiger partial charge in [-0.05, 0) is 42.6 Å². The van der Waals surface area contributed by atoms with E-state index in [4.69, 9.17) is 0 Å². The first-order valence-corrected chi connectivity index (χ1v) is 6.49. The average molecular weight is 240 g/mol. The van der Waals surface area contributed by atoms with Crippen LogP contribution in [0.2, 0.25) is 0 Å². The van der Waals surface area contributed by atoms with Crippen molar-refractivity contribution in [3.05, 3.63) is 65.5 Å². The molecule has 2 rings (SSSR count). The first kappa shape index (κ1) is 12.8. The first-order chi connectivity index (χ1) is 8.85. The normalized spacial score (nSPS) is 12.3. The molecule has 1 aromatic carbocycles. The maximum absolute atomic E-state index is 4.21. The number of nitrogens with zero attached hydrogens (tertiary/aromatic N) is 1. The third kappa shape index (κ3) is 2.96. The minimum Gasteiger partial charge on any atom is -0.313 e. The van der Waals surface area contributed by atoms with Crippen molar-refractivity contribution in [3.63, 3.8) is 0 Å². The zero-order valence-electron chi connectivity index (χ0n) is 11.1. The fourth-order valence-corrected chi connectivity index (χ4v) is 2.29. The molecule has 0 aliphatic heterocycles. The molecule has 1 N–H and O–H groups in total. The van der Waals surface area contributed by atoms with Crippen LogP contribution in [0.15, 0.2) is 48.8 Å². The Morgan fingerprint density at radius 1 is 1.17 bits per heavy atom. The Labute approximate surface area is 109 Å². The molecule has 0 bridgehead atoms. The smallest absolute Gasteiger partial charge is 0.0362 e. The van der Waals surface area contributed by atoms with Gasteiger partial charge in [0.15, 0.2) is 0 Å². The van der Waals surface area contributed by atoms with Crippen molar-refractivity contribution in [2.45, 2.75) is 25.8 Å². The zero-order valence-corrected chi connectivity index (χ0v) is 11.1. The average Bonchev–Trinajstić information content (AvgIpc) is 2.46. The molecule has 1 heterocycles. The lowest BCUT2D eigenvalue weighted by molar-refractivity contribution is 0.586. The Morgan fingerprint density at radius 2 is 1.94 bits per heavy atom. The highest BCUT2D eigenvalue weighted by atomic mass is 14.9. The van der Waals surface area contributed by atoms with E-state index in [2.05, 4.69) is 53.6 Å². The van der Waals surface area contributed by atoms with Crippen molar-refractivity contribution in [1.29, 1.82) is 0 Å². The minimum atomic E-state index is 0.352. The molecule has 0 saturated heterocycles. The van der Waals surface area contributed by atoms with Crippen molar-refractivity contribution in [3.8, 4) is 0 Å². The van der Waals surface area contributed by atoms with Gasteiger partial charge >= 0.3 is 0 Å². The highest BCUT2D eigenvalue weighted by Crippen LogP contribution is 2.21. The standard InChI is InChI=1S/C16H20N2/c1-3-14-12-18-10-9-15(14)16(17-2)11-13-7-5-4-6-8-13/h4-10,12,16-17H,3,11H2,1-2H3. The van der Waals surface area contributed by atoms with Gasteiger partial charge in [0.25, 0.3) is 0 Å². The molecule has 2 heteroatoms.